The first-order valence-electron chi connectivity index (χ1n) is 8.28. The van der Waals surface area contributed by atoms with Gasteiger partial charge in [-0.25, -0.2) is 4.68 Å². The normalized spacial score (nSPS) is 16.4. The molecule has 2 heterocycles. The number of nitrogens with one attached hydrogen (secondary N) is 1. The van der Waals surface area contributed by atoms with E-state index >= 15 is 0 Å². The molecule has 1 aliphatic rings. The lowest BCUT2D eigenvalue weighted by Gasteiger charge is -2.24. The number of hydrogen-bond acceptors (Lipinski definition) is 3. The molecule has 0 bridgehead atoms. The zero-order valence-electron chi connectivity index (χ0n) is 14.2. The van der Waals surface area contributed by atoms with E-state index in [1.54, 1.807) is 22.9 Å². The molecule has 5 heteroatoms. The number of phenolic OH excluding ortho intramolecular Hbond substituents is 1. The van der Waals surface area contributed by atoms with Gasteiger partial charge in [-0.05, 0) is 48.7 Å². The zero-order valence-corrected chi connectivity index (χ0v) is 14.2. The molecular formula is C20H19N3O2. The quantitative estimate of drug-likeness (QED) is 0.752. The van der Waals surface area contributed by atoms with Gasteiger partial charge < -0.3 is 10.4 Å². The van der Waals surface area contributed by atoms with Gasteiger partial charge in [0.05, 0.1) is 11.9 Å². The summed E-state index contributed by atoms with van der Waals surface area (Å²) in [5, 5.41) is 17.3. The Hall–Kier alpha value is -3.08. The van der Waals surface area contributed by atoms with E-state index in [2.05, 4.69) is 30.3 Å². The fourth-order valence-electron chi connectivity index (χ4n) is 3.41. The Bertz CT molecular complexity index is 975. The molecule has 0 aliphatic carbocycles. The van der Waals surface area contributed by atoms with E-state index in [0.717, 1.165) is 22.4 Å². The van der Waals surface area contributed by atoms with Gasteiger partial charge >= 0.3 is 0 Å². The van der Waals surface area contributed by atoms with E-state index in [1.165, 1.54) is 5.56 Å². The first-order valence-corrected chi connectivity index (χ1v) is 8.28. The van der Waals surface area contributed by atoms with Gasteiger partial charge in [-0.3, -0.25) is 4.79 Å². The SMILES string of the molecule is Cc1cccc(-n2ncc3c2NC(=O)CC3c2cccc(O)c2)c1C. The fourth-order valence-corrected chi connectivity index (χ4v) is 3.41. The predicted molar refractivity (Wildman–Crippen MR) is 96.2 cm³/mol. The number of rotatable bonds is 2. The highest BCUT2D eigenvalue weighted by Crippen LogP contribution is 2.39. The number of aromatic nitrogens is 2. The predicted octanol–water partition coefficient (Wildman–Crippen LogP) is 3.67. The van der Waals surface area contributed by atoms with Gasteiger partial charge in [-0.15, -0.1) is 0 Å². The van der Waals surface area contributed by atoms with Crippen molar-refractivity contribution < 1.29 is 9.90 Å². The van der Waals surface area contributed by atoms with Gasteiger partial charge in [-0.1, -0.05) is 24.3 Å². The fraction of sp³-hybridized carbons (Fsp3) is 0.200. The Morgan fingerprint density at radius 1 is 1.20 bits per heavy atom. The van der Waals surface area contributed by atoms with Crippen molar-refractivity contribution in [2.45, 2.75) is 26.2 Å². The van der Waals surface area contributed by atoms with Crippen molar-refractivity contribution in [1.29, 1.82) is 0 Å². The van der Waals surface area contributed by atoms with Gasteiger partial charge in [0.25, 0.3) is 0 Å². The third kappa shape index (κ3) is 2.58. The van der Waals surface area contributed by atoms with Crippen molar-refractivity contribution in [1.82, 2.24) is 9.78 Å². The van der Waals surface area contributed by atoms with Gasteiger partial charge in [-0.2, -0.15) is 5.10 Å². The van der Waals surface area contributed by atoms with Gasteiger partial charge in [0.1, 0.15) is 11.6 Å². The number of fused-ring (bicyclic) bond motifs is 1. The standard InChI is InChI=1S/C20H19N3O2/c1-12-5-3-8-18(13(12)2)23-20-17(11-21-23)16(10-19(25)22-20)14-6-4-7-15(24)9-14/h3-9,11,16,24H,10H2,1-2H3,(H,22,25). The Labute approximate surface area is 145 Å². The Balaban J connectivity index is 1.86. The molecule has 1 amide bonds. The molecular weight excluding hydrogens is 314 g/mol. The number of amides is 1. The van der Waals surface area contributed by atoms with Crippen LogP contribution < -0.4 is 5.32 Å². The summed E-state index contributed by atoms with van der Waals surface area (Å²) < 4.78 is 1.80. The number of carbonyl (C=O) groups excluding carboxylic acids is 1. The van der Waals surface area contributed by atoms with Crippen LogP contribution in [0.4, 0.5) is 5.82 Å². The van der Waals surface area contributed by atoms with E-state index in [0.29, 0.717) is 12.2 Å². The highest BCUT2D eigenvalue weighted by molar-refractivity contribution is 5.94. The van der Waals surface area contributed by atoms with Gasteiger partial charge in [0.15, 0.2) is 0 Å². The van der Waals surface area contributed by atoms with E-state index in [1.807, 2.05) is 24.4 Å². The first-order chi connectivity index (χ1) is 12.0. The molecule has 0 saturated heterocycles. The van der Waals surface area contributed by atoms with Crippen LogP contribution >= 0.6 is 0 Å². The van der Waals surface area contributed by atoms with E-state index < -0.39 is 0 Å². The lowest BCUT2D eigenvalue weighted by molar-refractivity contribution is -0.116. The number of aromatic hydroxyl groups is 1. The van der Waals surface area contributed by atoms with Crippen LogP contribution in [0.1, 0.15) is 34.6 Å². The Kier molecular flexibility index (Phi) is 3.57. The summed E-state index contributed by atoms with van der Waals surface area (Å²) >= 11 is 0. The molecule has 5 nitrogen and oxygen atoms in total. The minimum atomic E-state index is -0.116. The summed E-state index contributed by atoms with van der Waals surface area (Å²) in [5.41, 5.74) is 5.14. The van der Waals surface area contributed by atoms with Gasteiger partial charge in [0.2, 0.25) is 5.91 Å². The third-order valence-corrected chi connectivity index (χ3v) is 4.90. The molecule has 0 spiro atoms. The van der Waals surface area contributed by atoms with E-state index in [4.69, 9.17) is 0 Å². The second-order valence-electron chi connectivity index (χ2n) is 6.48. The monoisotopic (exact) mass is 333 g/mol. The smallest absolute Gasteiger partial charge is 0.226 e. The van der Waals surface area contributed by atoms with Crippen molar-refractivity contribution in [3.63, 3.8) is 0 Å². The number of nitrogens with zero attached hydrogens (tertiary/aromatic N) is 2. The molecule has 0 radical (unpaired) electrons. The van der Waals surface area contributed by atoms with Crippen molar-refractivity contribution in [2.75, 3.05) is 5.32 Å². The molecule has 1 aliphatic heterocycles. The maximum Gasteiger partial charge on any atom is 0.226 e. The minimum absolute atomic E-state index is 0.0482. The maximum absolute atomic E-state index is 12.3. The van der Waals surface area contributed by atoms with E-state index in [-0.39, 0.29) is 17.6 Å². The molecule has 4 rings (SSSR count). The van der Waals surface area contributed by atoms with Crippen LogP contribution in [0, 0.1) is 13.8 Å². The minimum Gasteiger partial charge on any atom is -0.508 e. The average molecular weight is 333 g/mol. The van der Waals surface area contributed by atoms with Crippen molar-refractivity contribution >= 4 is 11.7 Å². The molecule has 1 atom stereocenters. The second kappa shape index (κ2) is 5.77. The molecule has 1 unspecified atom stereocenters. The highest BCUT2D eigenvalue weighted by Gasteiger charge is 2.30. The van der Waals surface area contributed by atoms with Crippen molar-refractivity contribution in [2.24, 2.45) is 0 Å². The van der Waals surface area contributed by atoms with Crippen molar-refractivity contribution in [3.05, 3.63) is 70.9 Å². The highest BCUT2D eigenvalue weighted by atomic mass is 16.3. The van der Waals surface area contributed by atoms with Crippen LogP contribution in [-0.4, -0.2) is 20.8 Å². The van der Waals surface area contributed by atoms with E-state index in [9.17, 15) is 9.90 Å². The summed E-state index contributed by atoms with van der Waals surface area (Å²) in [5.74, 6) is 0.743. The molecule has 2 N–H and O–H groups in total. The van der Waals surface area contributed by atoms with Crippen molar-refractivity contribution in [3.8, 4) is 11.4 Å². The number of benzene rings is 2. The number of phenols is 1. The Morgan fingerprint density at radius 3 is 2.80 bits per heavy atom. The van der Waals surface area contributed by atoms with Crippen LogP contribution in [-0.2, 0) is 4.79 Å². The van der Waals surface area contributed by atoms with Crippen LogP contribution in [0.15, 0.2) is 48.7 Å². The van der Waals surface area contributed by atoms with Crippen LogP contribution in [0.2, 0.25) is 0 Å². The zero-order chi connectivity index (χ0) is 17.6. The number of carbonyl (C=O) groups is 1. The lowest BCUT2D eigenvalue weighted by atomic mass is 9.87. The topological polar surface area (TPSA) is 67.2 Å². The molecule has 25 heavy (non-hydrogen) atoms. The molecule has 3 aromatic rings. The molecule has 0 fully saturated rings. The summed E-state index contributed by atoms with van der Waals surface area (Å²) in [6.07, 6.45) is 2.15. The van der Waals surface area contributed by atoms with Gasteiger partial charge in [0, 0.05) is 17.9 Å². The Morgan fingerprint density at radius 2 is 2.00 bits per heavy atom. The molecule has 126 valence electrons. The van der Waals surface area contributed by atoms with Crippen LogP contribution in [0.25, 0.3) is 5.69 Å². The average Bonchev–Trinajstić information content (AvgIpc) is 3.00. The number of anilines is 1. The molecule has 0 saturated carbocycles. The van der Waals surface area contributed by atoms with Crippen LogP contribution in [0.3, 0.4) is 0 Å². The first kappa shape index (κ1) is 15.4. The molecule has 1 aromatic heterocycles. The molecule has 2 aromatic carbocycles. The summed E-state index contributed by atoms with van der Waals surface area (Å²) in [6, 6.07) is 13.1. The largest absolute Gasteiger partial charge is 0.508 e. The summed E-state index contributed by atoms with van der Waals surface area (Å²) in [6.45, 7) is 4.11. The third-order valence-electron chi connectivity index (χ3n) is 4.90. The number of hydrogen-bond donors (Lipinski definition) is 2. The summed E-state index contributed by atoms with van der Waals surface area (Å²) in [4.78, 5) is 12.3. The lowest BCUT2D eigenvalue weighted by Crippen LogP contribution is -2.24. The number of aryl methyl sites for hydroxylation is 1. The van der Waals surface area contributed by atoms with Crippen LogP contribution in [0.5, 0.6) is 5.75 Å². The second-order valence-corrected chi connectivity index (χ2v) is 6.48. The maximum atomic E-state index is 12.3. The summed E-state index contributed by atoms with van der Waals surface area (Å²) in [7, 11) is 0.